The summed E-state index contributed by atoms with van der Waals surface area (Å²) < 4.78 is 5.71. The van der Waals surface area contributed by atoms with Crippen molar-refractivity contribution in [2.75, 3.05) is 26.7 Å². The number of nitrogens with one attached hydrogen (secondary N) is 2. The van der Waals surface area contributed by atoms with Crippen LogP contribution in [0.1, 0.15) is 62.4 Å². The molecule has 1 aromatic rings. The molecule has 1 heterocycles. The Hall–Kier alpha value is -1.35. The summed E-state index contributed by atoms with van der Waals surface area (Å²) in [6, 6.07) is 7.82. The first-order chi connectivity index (χ1) is 13.5. The lowest BCUT2D eigenvalue weighted by atomic mass is 10.1. The minimum Gasteiger partial charge on any atom is -0.372 e. The minimum absolute atomic E-state index is 0. The first-order valence-corrected chi connectivity index (χ1v) is 10.5. The van der Waals surface area contributed by atoms with Crippen LogP contribution in [-0.4, -0.2) is 55.7 Å². The van der Waals surface area contributed by atoms with Crippen LogP contribution in [0.3, 0.4) is 0 Å². The quantitative estimate of drug-likeness (QED) is 0.239. The number of ether oxygens (including phenoxy) is 1. The Kier molecular flexibility index (Phi) is 12.2. The van der Waals surface area contributed by atoms with Crippen molar-refractivity contribution < 1.29 is 9.53 Å². The van der Waals surface area contributed by atoms with E-state index in [2.05, 4.69) is 22.5 Å². The monoisotopic (exact) mass is 516 g/mol. The van der Waals surface area contributed by atoms with Gasteiger partial charge in [-0.1, -0.05) is 38.3 Å². The van der Waals surface area contributed by atoms with E-state index in [1.807, 2.05) is 43.0 Å². The molecular formula is C22H37IN4O2. The van der Waals surface area contributed by atoms with Crippen LogP contribution in [0, 0.1) is 0 Å². The Bertz CT molecular complexity index is 626. The molecule has 0 saturated carbocycles. The first-order valence-electron chi connectivity index (χ1n) is 10.5. The van der Waals surface area contributed by atoms with Gasteiger partial charge < -0.3 is 20.3 Å². The van der Waals surface area contributed by atoms with Gasteiger partial charge in [-0.15, -0.1) is 24.0 Å². The lowest BCUT2D eigenvalue weighted by Crippen LogP contribution is -2.48. The van der Waals surface area contributed by atoms with Gasteiger partial charge in [0.25, 0.3) is 5.91 Å². The fourth-order valence-corrected chi connectivity index (χ4v) is 3.46. The lowest BCUT2D eigenvalue weighted by molar-refractivity contribution is -0.0586. The summed E-state index contributed by atoms with van der Waals surface area (Å²) in [6.45, 7) is 9.14. The predicted octanol–water partition coefficient (Wildman–Crippen LogP) is 3.80. The fourth-order valence-electron chi connectivity index (χ4n) is 3.46. The molecule has 2 unspecified atom stereocenters. The molecule has 6 nitrogen and oxygen atoms in total. The van der Waals surface area contributed by atoms with E-state index in [9.17, 15) is 4.79 Å². The zero-order chi connectivity index (χ0) is 20.4. The second-order valence-corrected chi connectivity index (χ2v) is 7.58. The van der Waals surface area contributed by atoms with Gasteiger partial charge in [-0.25, -0.2) is 0 Å². The summed E-state index contributed by atoms with van der Waals surface area (Å²) in [5.41, 5.74) is 1.85. The molecule has 1 aliphatic rings. The third-order valence-electron chi connectivity index (χ3n) is 4.91. The van der Waals surface area contributed by atoms with Gasteiger partial charge in [0.2, 0.25) is 0 Å². The third-order valence-corrected chi connectivity index (χ3v) is 4.91. The van der Waals surface area contributed by atoms with Crippen molar-refractivity contribution in [3.8, 4) is 0 Å². The number of benzene rings is 1. The van der Waals surface area contributed by atoms with Crippen molar-refractivity contribution in [1.82, 2.24) is 15.5 Å². The molecule has 2 atom stereocenters. The Labute approximate surface area is 192 Å². The minimum atomic E-state index is 0. The highest BCUT2D eigenvalue weighted by Crippen LogP contribution is 2.15. The topological polar surface area (TPSA) is 66.0 Å². The number of carbonyl (C=O) groups is 1. The molecule has 2 rings (SSSR count). The number of guanidine groups is 1. The van der Waals surface area contributed by atoms with Crippen molar-refractivity contribution in [1.29, 1.82) is 0 Å². The molecule has 1 amide bonds. The normalized spacial score (nSPS) is 19.4. The van der Waals surface area contributed by atoms with E-state index in [0.717, 1.165) is 30.1 Å². The Morgan fingerprint density at radius 1 is 1.10 bits per heavy atom. The van der Waals surface area contributed by atoms with Gasteiger partial charge in [-0.3, -0.25) is 9.79 Å². The smallest absolute Gasteiger partial charge is 0.254 e. The maximum absolute atomic E-state index is 12.7. The van der Waals surface area contributed by atoms with E-state index in [-0.39, 0.29) is 42.1 Å². The van der Waals surface area contributed by atoms with Gasteiger partial charge in [0, 0.05) is 38.8 Å². The van der Waals surface area contributed by atoms with E-state index in [0.29, 0.717) is 19.6 Å². The number of amides is 1. The van der Waals surface area contributed by atoms with Crippen LogP contribution in [0.15, 0.2) is 29.3 Å². The van der Waals surface area contributed by atoms with E-state index < -0.39 is 0 Å². The maximum Gasteiger partial charge on any atom is 0.254 e. The molecule has 0 bridgehead atoms. The van der Waals surface area contributed by atoms with Crippen LogP contribution in [0.5, 0.6) is 0 Å². The second kappa shape index (κ2) is 13.8. The molecule has 0 radical (unpaired) electrons. The van der Waals surface area contributed by atoms with Gasteiger partial charge in [0.1, 0.15) is 0 Å². The van der Waals surface area contributed by atoms with Crippen molar-refractivity contribution in [2.24, 2.45) is 4.99 Å². The Balaban J connectivity index is 0.00000420. The summed E-state index contributed by atoms with van der Waals surface area (Å²) in [7, 11) is 1.79. The van der Waals surface area contributed by atoms with E-state index >= 15 is 0 Å². The number of hydrogen-bond acceptors (Lipinski definition) is 3. The molecule has 0 spiro atoms. The van der Waals surface area contributed by atoms with Crippen LogP contribution in [0.2, 0.25) is 0 Å². The van der Waals surface area contributed by atoms with Gasteiger partial charge in [0.05, 0.1) is 12.2 Å². The van der Waals surface area contributed by atoms with Crippen molar-refractivity contribution in [2.45, 2.75) is 65.2 Å². The highest BCUT2D eigenvalue weighted by molar-refractivity contribution is 14.0. The van der Waals surface area contributed by atoms with Crippen molar-refractivity contribution >= 4 is 35.8 Å². The Morgan fingerprint density at radius 2 is 1.76 bits per heavy atom. The fraction of sp³-hybridized carbons (Fsp3) is 0.636. The summed E-state index contributed by atoms with van der Waals surface area (Å²) in [6.07, 6.45) is 5.09. The van der Waals surface area contributed by atoms with E-state index in [1.165, 1.54) is 19.3 Å². The van der Waals surface area contributed by atoms with Crippen molar-refractivity contribution in [3.63, 3.8) is 0 Å². The number of morpholine rings is 1. The summed E-state index contributed by atoms with van der Waals surface area (Å²) in [4.78, 5) is 18.9. The van der Waals surface area contributed by atoms with Crippen molar-refractivity contribution in [3.05, 3.63) is 35.4 Å². The third kappa shape index (κ3) is 8.90. The summed E-state index contributed by atoms with van der Waals surface area (Å²) in [5.74, 6) is 0.888. The van der Waals surface area contributed by atoms with E-state index in [1.54, 1.807) is 7.05 Å². The van der Waals surface area contributed by atoms with E-state index in [4.69, 9.17) is 4.74 Å². The van der Waals surface area contributed by atoms with Crippen LogP contribution < -0.4 is 10.6 Å². The average Bonchev–Trinajstić information content (AvgIpc) is 2.69. The second-order valence-electron chi connectivity index (χ2n) is 7.58. The average molecular weight is 516 g/mol. The zero-order valence-corrected chi connectivity index (χ0v) is 20.6. The maximum atomic E-state index is 12.7. The van der Waals surface area contributed by atoms with Crippen LogP contribution in [-0.2, 0) is 11.3 Å². The molecule has 1 saturated heterocycles. The standard InChI is InChI=1S/C22H36N4O2.HI/c1-5-6-7-8-13-24-22(23-4)25-14-19-9-11-20(12-10-19)21(27)26-15-17(2)28-18(3)16-26;/h9-12,17-18H,5-8,13-16H2,1-4H3,(H2,23,24,25);1H. The highest BCUT2D eigenvalue weighted by atomic mass is 127. The molecule has 29 heavy (non-hydrogen) atoms. The summed E-state index contributed by atoms with van der Waals surface area (Å²) >= 11 is 0. The molecular weight excluding hydrogens is 479 g/mol. The molecule has 1 aliphatic heterocycles. The number of nitrogens with zero attached hydrogens (tertiary/aromatic N) is 2. The number of carbonyl (C=O) groups excluding carboxylic acids is 1. The number of unbranched alkanes of at least 4 members (excludes halogenated alkanes) is 3. The molecule has 2 N–H and O–H groups in total. The van der Waals surface area contributed by atoms with Crippen LogP contribution >= 0.6 is 24.0 Å². The van der Waals surface area contributed by atoms with Gasteiger partial charge in [-0.05, 0) is 38.0 Å². The van der Waals surface area contributed by atoms with Gasteiger partial charge in [-0.2, -0.15) is 0 Å². The molecule has 0 aliphatic carbocycles. The molecule has 1 fully saturated rings. The predicted molar refractivity (Wildman–Crippen MR) is 130 cm³/mol. The number of rotatable bonds is 8. The van der Waals surface area contributed by atoms with Crippen LogP contribution in [0.25, 0.3) is 0 Å². The highest BCUT2D eigenvalue weighted by Gasteiger charge is 2.26. The SMILES string of the molecule is CCCCCCNC(=NC)NCc1ccc(C(=O)N2CC(C)OC(C)C2)cc1.I. The first kappa shape index (κ1) is 25.7. The molecule has 1 aromatic carbocycles. The number of halogens is 1. The lowest BCUT2D eigenvalue weighted by Gasteiger charge is -2.35. The molecule has 164 valence electrons. The largest absolute Gasteiger partial charge is 0.372 e. The summed E-state index contributed by atoms with van der Waals surface area (Å²) in [5, 5.41) is 6.67. The number of hydrogen-bond donors (Lipinski definition) is 2. The van der Waals surface area contributed by atoms with Crippen LogP contribution in [0.4, 0.5) is 0 Å². The van der Waals surface area contributed by atoms with Gasteiger partial charge in [0.15, 0.2) is 5.96 Å². The number of aliphatic imine (C=N–C) groups is 1. The molecule has 7 heteroatoms. The zero-order valence-electron chi connectivity index (χ0n) is 18.2. The molecule has 0 aromatic heterocycles. The Morgan fingerprint density at radius 3 is 2.34 bits per heavy atom. The van der Waals surface area contributed by atoms with Gasteiger partial charge >= 0.3 is 0 Å².